The molecule has 1 aliphatic heterocycles. The van der Waals surface area contributed by atoms with Gasteiger partial charge in [0.15, 0.2) is 10.4 Å². The van der Waals surface area contributed by atoms with E-state index in [-0.39, 0.29) is 24.2 Å². The second-order valence-corrected chi connectivity index (χ2v) is 5.91. The van der Waals surface area contributed by atoms with Gasteiger partial charge in [-0.2, -0.15) is 0 Å². The van der Waals surface area contributed by atoms with Gasteiger partial charge in [0.1, 0.15) is 6.61 Å². The van der Waals surface area contributed by atoms with Crippen molar-refractivity contribution in [1.29, 1.82) is 0 Å². The van der Waals surface area contributed by atoms with Crippen LogP contribution in [0.25, 0.3) is 0 Å². The van der Waals surface area contributed by atoms with E-state index in [2.05, 4.69) is 21.2 Å². The van der Waals surface area contributed by atoms with Gasteiger partial charge < -0.3 is 19.4 Å². The van der Waals surface area contributed by atoms with E-state index in [0.717, 1.165) is 17.7 Å². The van der Waals surface area contributed by atoms with Crippen LogP contribution in [0.2, 0.25) is 0 Å². The molecule has 0 saturated carbocycles. The van der Waals surface area contributed by atoms with E-state index in [1.165, 1.54) is 7.11 Å². The van der Waals surface area contributed by atoms with Crippen LogP contribution in [-0.4, -0.2) is 32.1 Å². The van der Waals surface area contributed by atoms with E-state index in [4.69, 9.17) is 9.15 Å². The van der Waals surface area contributed by atoms with Crippen LogP contribution in [-0.2, 0) is 16.0 Å². The van der Waals surface area contributed by atoms with Crippen molar-refractivity contribution in [1.82, 2.24) is 0 Å². The highest BCUT2D eigenvalue weighted by atomic mass is 79.9. The zero-order valence-corrected chi connectivity index (χ0v) is 14.1. The minimum absolute atomic E-state index is 0.0381. The summed E-state index contributed by atoms with van der Waals surface area (Å²) in [5.41, 5.74) is 2.50. The number of methoxy groups -OCH3 is 1. The van der Waals surface area contributed by atoms with Gasteiger partial charge in [0, 0.05) is 25.0 Å². The molecular formula is C16H15BrN2O4. The largest absolute Gasteiger partial charge is 0.444 e. The smallest absolute Gasteiger partial charge is 0.291 e. The minimum atomic E-state index is -0.344. The minimum Gasteiger partial charge on any atom is -0.444 e. The zero-order chi connectivity index (χ0) is 16.4. The maximum atomic E-state index is 12.1. The number of halogens is 1. The number of nitrogens with one attached hydrogen (secondary N) is 1. The number of furan rings is 1. The third kappa shape index (κ3) is 3.30. The van der Waals surface area contributed by atoms with Crippen molar-refractivity contribution in [3.63, 3.8) is 0 Å². The summed E-state index contributed by atoms with van der Waals surface area (Å²) in [5, 5.41) is 2.77. The van der Waals surface area contributed by atoms with Gasteiger partial charge in [-0.15, -0.1) is 0 Å². The number of carbonyl (C=O) groups excluding carboxylic acids is 2. The molecule has 0 fully saturated rings. The molecule has 0 bridgehead atoms. The molecule has 1 aromatic carbocycles. The lowest BCUT2D eigenvalue weighted by Gasteiger charge is -2.17. The van der Waals surface area contributed by atoms with Crippen molar-refractivity contribution >= 4 is 39.1 Å². The first-order chi connectivity index (χ1) is 11.1. The van der Waals surface area contributed by atoms with Crippen LogP contribution >= 0.6 is 15.9 Å². The second-order valence-electron chi connectivity index (χ2n) is 5.13. The van der Waals surface area contributed by atoms with E-state index in [1.807, 2.05) is 12.1 Å². The summed E-state index contributed by atoms with van der Waals surface area (Å²) in [6.45, 7) is 0.663. The third-order valence-corrected chi connectivity index (χ3v) is 4.03. The molecule has 0 saturated heterocycles. The average Bonchev–Trinajstić information content (AvgIpc) is 3.13. The molecule has 0 radical (unpaired) electrons. The SMILES string of the molecule is COCC(=O)N1CCc2ccc(NC(=O)c3ccc(Br)o3)cc21. The number of hydrogen-bond donors (Lipinski definition) is 1. The number of amides is 2. The molecular weight excluding hydrogens is 364 g/mol. The molecule has 3 rings (SSSR count). The fourth-order valence-corrected chi connectivity index (χ4v) is 2.85. The summed E-state index contributed by atoms with van der Waals surface area (Å²) in [5.74, 6) is -0.224. The standard InChI is InChI=1S/C16H15BrN2O4/c1-22-9-15(20)19-7-6-10-2-3-11(8-12(10)19)18-16(21)13-4-5-14(17)23-13/h2-5,8H,6-7,9H2,1H3,(H,18,21). The summed E-state index contributed by atoms with van der Waals surface area (Å²) >= 11 is 3.16. The van der Waals surface area contributed by atoms with Gasteiger partial charge in [0.2, 0.25) is 0 Å². The fraction of sp³-hybridized carbons (Fsp3) is 0.250. The summed E-state index contributed by atoms with van der Waals surface area (Å²) in [4.78, 5) is 25.9. The van der Waals surface area contributed by atoms with E-state index in [9.17, 15) is 9.59 Å². The van der Waals surface area contributed by atoms with Gasteiger partial charge in [0.25, 0.3) is 11.8 Å². The van der Waals surface area contributed by atoms with Crippen LogP contribution in [0.5, 0.6) is 0 Å². The highest BCUT2D eigenvalue weighted by Crippen LogP contribution is 2.31. The van der Waals surface area contributed by atoms with Crippen LogP contribution in [0.4, 0.5) is 11.4 Å². The van der Waals surface area contributed by atoms with Gasteiger partial charge in [-0.05, 0) is 52.2 Å². The number of anilines is 2. The Morgan fingerprint density at radius 2 is 2.17 bits per heavy atom. The second kappa shape index (κ2) is 6.55. The quantitative estimate of drug-likeness (QED) is 0.887. The molecule has 1 aliphatic rings. The van der Waals surface area contributed by atoms with Crippen LogP contribution in [0.3, 0.4) is 0 Å². The molecule has 120 valence electrons. The predicted octanol–water partition coefficient (Wildman–Crippen LogP) is 2.83. The monoisotopic (exact) mass is 378 g/mol. The van der Waals surface area contributed by atoms with Gasteiger partial charge >= 0.3 is 0 Å². The Bertz CT molecular complexity index is 756. The number of benzene rings is 1. The third-order valence-electron chi connectivity index (χ3n) is 3.60. The van der Waals surface area contributed by atoms with Crippen molar-refractivity contribution < 1.29 is 18.7 Å². The first-order valence-corrected chi connectivity index (χ1v) is 7.86. The van der Waals surface area contributed by atoms with E-state index < -0.39 is 0 Å². The topological polar surface area (TPSA) is 71.8 Å². The van der Waals surface area contributed by atoms with E-state index in [0.29, 0.717) is 16.9 Å². The Morgan fingerprint density at radius 3 is 2.87 bits per heavy atom. The Balaban J connectivity index is 1.79. The Kier molecular flexibility index (Phi) is 4.49. The first-order valence-electron chi connectivity index (χ1n) is 7.07. The molecule has 6 nitrogen and oxygen atoms in total. The number of ether oxygens (including phenoxy) is 1. The van der Waals surface area contributed by atoms with Gasteiger partial charge in [-0.1, -0.05) is 6.07 Å². The molecule has 23 heavy (non-hydrogen) atoms. The summed E-state index contributed by atoms with van der Waals surface area (Å²) in [7, 11) is 1.49. The molecule has 0 aliphatic carbocycles. The fourth-order valence-electron chi connectivity index (χ4n) is 2.55. The number of rotatable bonds is 4. The van der Waals surface area contributed by atoms with Crippen molar-refractivity contribution in [2.75, 3.05) is 30.5 Å². The molecule has 7 heteroatoms. The lowest BCUT2D eigenvalue weighted by Crippen LogP contribution is -2.32. The highest BCUT2D eigenvalue weighted by Gasteiger charge is 2.25. The normalized spacial score (nSPS) is 13.0. The molecule has 0 spiro atoms. The summed E-state index contributed by atoms with van der Waals surface area (Å²) in [6, 6.07) is 8.78. The highest BCUT2D eigenvalue weighted by molar-refractivity contribution is 9.10. The Morgan fingerprint density at radius 1 is 1.35 bits per heavy atom. The molecule has 1 N–H and O–H groups in total. The molecule has 0 unspecified atom stereocenters. The van der Waals surface area contributed by atoms with E-state index in [1.54, 1.807) is 23.1 Å². The van der Waals surface area contributed by atoms with Crippen LogP contribution in [0, 0.1) is 0 Å². The lowest BCUT2D eigenvalue weighted by molar-refractivity contribution is -0.122. The maximum Gasteiger partial charge on any atom is 0.291 e. The number of hydrogen-bond acceptors (Lipinski definition) is 4. The van der Waals surface area contributed by atoms with Crippen molar-refractivity contribution in [3.8, 4) is 0 Å². The van der Waals surface area contributed by atoms with Crippen molar-refractivity contribution in [3.05, 3.63) is 46.3 Å². The zero-order valence-electron chi connectivity index (χ0n) is 12.5. The first kappa shape index (κ1) is 15.8. The maximum absolute atomic E-state index is 12.1. The predicted molar refractivity (Wildman–Crippen MR) is 88.7 cm³/mol. The van der Waals surface area contributed by atoms with Crippen molar-refractivity contribution in [2.45, 2.75) is 6.42 Å². The Hall–Kier alpha value is -2.12. The molecule has 0 atom stereocenters. The number of nitrogens with zero attached hydrogens (tertiary/aromatic N) is 1. The van der Waals surface area contributed by atoms with Crippen LogP contribution in [0.15, 0.2) is 39.4 Å². The van der Waals surface area contributed by atoms with Crippen LogP contribution in [0.1, 0.15) is 16.1 Å². The Labute approximate surface area is 141 Å². The number of carbonyl (C=O) groups is 2. The molecule has 2 amide bonds. The van der Waals surface area contributed by atoms with Gasteiger partial charge in [0.05, 0.1) is 0 Å². The van der Waals surface area contributed by atoms with E-state index >= 15 is 0 Å². The van der Waals surface area contributed by atoms with Crippen molar-refractivity contribution in [2.24, 2.45) is 0 Å². The summed E-state index contributed by atoms with van der Waals surface area (Å²) < 4.78 is 10.6. The molecule has 2 heterocycles. The molecule has 1 aromatic heterocycles. The number of fused-ring (bicyclic) bond motifs is 1. The average molecular weight is 379 g/mol. The summed E-state index contributed by atoms with van der Waals surface area (Å²) in [6.07, 6.45) is 0.796. The lowest BCUT2D eigenvalue weighted by atomic mass is 10.1. The van der Waals surface area contributed by atoms with Gasteiger partial charge in [-0.3, -0.25) is 9.59 Å². The van der Waals surface area contributed by atoms with Crippen LogP contribution < -0.4 is 10.2 Å². The molecule has 2 aromatic rings. The van der Waals surface area contributed by atoms with Gasteiger partial charge in [-0.25, -0.2) is 0 Å².